The third-order valence-electron chi connectivity index (χ3n) is 5.19. The summed E-state index contributed by atoms with van der Waals surface area (Å²) in [4.78, 5) is 11.0. The molecule has 3 heterocycles. The first-order valence-electron chi connectivity index (χ1n) is 10.2. The summed E-state index contributed by atoms with van der Waals surface area (Å²) in [5.74, 6) is 2.99. The van der Waals surface area contributed by atoms with Gasteiger partial charge in [0.05, 0.1) is 11.5 Å². The Hall–Kier alpha value is -3.57. The Labute approximate surface area is 193 Å². The Balaban J connectivity index is 1.40. The number of nitrogens with zero attached hydrogens (tertiary/aromatic N) is 4. The largest absolute Gasteiger partial charge is 0.485 e. The zero-order valence-electron chi connectivity index (χ0n) is 17.5. The van der Waals surface area contributed by atoms with E-state index in [4.69, 9.17) is 18.9 Å². The normalized spacial score (nSPS) is 16.5. The van der Waals surface area contributed by atoms with Gasteiger partial charge >= 0.3 is 0 Å². The number of nitro groups is 1. The van der Waals surface area contributed by atoms with E-state index in [0.29, 0.717) is 58.3 Å². The second-order valence-electron chi connectivity index (χ2n) is 7.35. The van der Waals surface area contributed by atoms with Gasteiger partial charge in [0, 0.05) is 35.6 Å². The van der Waals surface area contributed by atoms with Crippen molar-refractivity contribution in [3.63, 3.8) is 0 Å². The molecular weight excluding hydrogens is 448 g/mol. The minimum absolute atomic E-state index is 0.00174. The Morgan fingerprint density at radius 2 is 2.09 bits per heavy atom. The highest BCUT2D eigenvalue weighted by molar-refractivity contribution is 7.98. The number of hydrogen-bond donors (Lipinski definition) is 0. The highest BCUT2D eigenvalue weighted by Gasteiger charge is 2.29. The predicted octanol–water partition coefficient (Wildman–Crippen LogP) is 4.04. The maximum atomic E-state index is 11.4. The Morgan fingerprint density at radius 1 is 1.24 bits per heavy atom. The molecule has 170 valence electrons. The van der Waals surface area contributed by atoms with Crippen molar-refractivity contribution in [1.29, 1.82) is 0 Å². The van der Waals surface area contributed by atoms with Gasteiger partial charge in [0.25, 0.3) is 5.69 Å². The van der Waals surface area contributed by atoms with Crippen molar-refractivity contribution in [3.05, 3.63) is 76.1 Å². The first kappa shape index (κ1) is 21.3. The first-order valence-corrected chi connectivity index (χ1v) is 11.2. The lowest BCUT2D eigenvalue weighted by molar-refractivity contribution is -0.385. The van der Waals surface area contributed by atoms with E-state index >= 15 is 0 Å². The molecule has 33 heavy (non-hydrogen) atoms. The standard InChI is InChI=1S/C22H20N4O6S/c1-2-7-25-21(19-11-30-17-5-3-4-6-18(17)32-19)23-24-22(25)33-12-15-9-16(26(27)28)8-14-10-29-13-31-20(14)15/h2-6,8-9,19H,1,7,10-13H2. The van der Waals surface area contributed by atoms with Gasteiger partial charge < -0.3 is 18.9 Å². The van der Waals surface area contributed by atoms with Gasteiger partial charge in [-0.1, -0.05) is 30.0 Å². The van der Waals surface area contributed by atoms with E-state index in [0.717, 1.165) is 0 Å². The summed E-state index contributed by atoms with van der Waals surface area (Å²) >= 11 is 1.41. The van der Waals surface area contributed by atoms with Crippen LogP contribution in [0, 0.1) is 10.1 Å². The van der Waals surface area contributed by atoms with E-state index in [9.17, 15) is 10.1 Å². The molecule has 2 aliphatic heterocycles. The number of nitro benzene ring substituents is 1. The monoisotopic (exact) mass is 468 g/mol. The molecular formula is C22H20N4O6S. The second-order valence-corrected chi connectivity index (χ2v) is 8.30. The van der Waals surface area contributed by atoms with Crippen molar-refractivity contribution >= 4 is 17.4 Å². The van der Waals surface area contributed by atoms with E-state index in [1.54, 1.807) is 6.08 Å². The number of hydrogen-bond acceptors (Lipinski definition) is 9. The smallest absolute Gasteiger partial charge is 0.270 e. The van der Waals surface area contributed by atoms with E-state index < -0.39 is 11.0 Å². The third-order valence-corrected chi connectivity index (χ3v) is 6.21. The molecule has 3 aromatic rings. The number of thioether (sulfide) groups is 1. The molecule has 0 bridgehead atoms. The summed E-state index contributed by atoms with van der Waals surface area (Å²) in [6.07, 6.45) is 1.33. The van der Waals surface area contributed by atoms with Crippen LogP contribution in [-0.2, 0) is 23.6 Å². The minimum Gasteiger partial charge on any atom is -0.485 e. The summed E-state index contributed by atoms with van der Waals surface area (Å²) in [7, 11) is 0. The van der Waals surface area contributed by atoms with E-state index in [2.05, 4.69) is 16.8 Å². The zero-order chi connectivity index (χ0) is 22.8. The summed E-state index contributed by atoms with van der Waals surface area (Å²) in [6, 6.07) is 10.5. The molecule has 0 spiro atoms. The fraction of sp³-hybridized carbons (Fsp3) is 0.273. The first-order chi connectivity index (χ1) is 16.1. The highest BCUT2D eigenvalue weighted by Crippen LogP contribution is 2.38. The van der Waals surface area contributed by atoms with Gasteiger partial charge in [-0.3, -0.25) is 14.7 Å². The van der Waals surface area contributed by atoms with Crippen LogP contribution in [0.3, 0.4) is 0 Å². The molecule has 1 unspecified atom stereocenters. The Morgan fingerprint density at radius 3 is 2.91 bits per heavy atom. The molecule has 1 atom stereocenters. The lowest BCUT2D eigenvalue weighted by atomic mass is 10.1. The van der Waals surface area contributed by atoms with Crippen molar-refractivity contribution in [2.45, 2.75) is 30.2 Å². The average molecular weight is 468 g/mol. The van der Waals surface area contributed by atoms with Crippen LogP contribution in [0.15, 0.2) is 54.2 Å². The molecule has 2 aliphatic rings. The van der Waals surface area contributed by atoms with E-state index in [-0.39, 0.29) is 19.1 Å². The van der Waals surface area contributed by atoms with Crippen molar-refractivity contribution in [1.82, 2.24) is 14.8 Å². The van der Waals surface area contributed by atoms with Gasteiger partial charge in [-0.2, -0.15) is 0 Å². The molecule has 10 nitrogen and oxygen atoms in total. The van der Waals surface area contributed by atoms with Crippen molar-refractivity contribution in [3.8, 4) is 17.2 Å². The minimum atomic E-state index is -0.423. The topological polar surface area (TPSA) is 111 Å². The van der Waals surface area contributed by atoms with E-state index in [1.807, 2.05) is 28.8 Å². The Bertz CT molecular complexity index is 1210. The maximum Gasteiger partial charge on any atom is 0.270 e. The summed E-state index contributed by atoms with van der Waals surface area (Å²) in [5, 5.41) is 20.7. The molecule has 1 aromatic heterocycles. The number of aromatic nitrogens is 3. The zero-order valence-corrected chi connectivity index (χ0v) is 18.3. The quantitative estimate of drug-likeness (QED) is 0.219. The van der Waals surface area contributed by atoms with Crippen LogP contribution in [0.5, 0.6) is 17.2 Å². The summed E-state index contributed by atoms with van der Waals surface area (Å²) in [6.45, 7) is 5.00. The predicted molar refractivity (Wildman–Crippen MR) is 118 cm³/mol. The SMILES string of the molecule is C=CCn1c(SCc2cc([N+](=O)[O-])cc3c2OCOC3)nnc1C1COc2ccccc2O1. The van der Waals surface area contributed by atoms with Gasteiger partial charge in [0.15, 0.2) is 35.4 Å². The molecule has 2 aromatic carbocycles. The third kappa shape index (κ3) is 4.24. The van der Waals surface area contributed by atoms with Crippen LogP contribution in [0.2, 0.25) is 0 Å². The van der Waals surface area contributed by atoms with Crippen molar-refractivity contribution in [2.75, 3.05) is 13.4 Å². The average Bonchev–Trinajstić information content (AvgIpc) is 3.24. The Kier molecular flexibility index (Phi) is 5.88. The second kappa shape index (κ2) is 9.12. The number of non-ortho nitro benzene ring substituents is 1. The van der Waals surface area contributed by atoms with Crippen LogP contribution in [0.4, 0.5) is 5.69 Å². The van der Waals surface area contributed by atoms with E-state index in [1.165, 1.54) is 23.9 Å². The van der Waals surface area contributed by atoms with Crippen LogP contribution >= 0.6 is 11.8 Å². The molecule has 0 aliphatic carbocycles. The summed E-state index contributed by atoms with van der Waals surface area (Å²) < 4.78 is 24.8. The molecule has 0 fully saturated rings. The van der Waals surface area contributed by atoms with Crippen LogP contribution in [-0.4, -0.2) is 33.1 Å². The lowest BCUT2D eigenvalue weighted by Gasteiger charge is -2.26. The van der Waals surface area contributed by atoms with Crippen LogP contribution in [0.1, 0.15) is 23.1 Å². The number of fused-ring (bicyclic) bond motifs is 2. The van der Waals surface area contributed by atoms with Gasteiger partial charge in [-0.05, 0) is 12.1 Å². The van der Waals surface area contributed by atoms with Gasteiger partial charge in [-0.15, -0.1) is 16.8 Å². The number of allylic oxidation sites excluding steroid dienone is 1. The van der Waals surface area contributed by atoms with Crippen LogP contribution in [0.25, 0.3) is 0 Å². The van der Waals surface area contributed by atoms with Gasteiger partial charge in [0.2, 0.25) is 0 Å². The highest BCUT2D eigenvalue weighted by atomic mass is 32.2. The molecule has 0 saturated heterocycles. The van der Waals surface area contributed by atoms with Gasteiger partial charge in [-0.25, -0.2) is 0 Å². The molecule has 0 saturated carbocycles. The van der Waals surface area contributed by atoms with Crippen molar-refractivity contribution in [2.24, 2.45) is 0 Å². The molecule has 0 amide bonds. The molecule has 5 rings (SSSR count). The summed E-state index contributed by atoms with van der Waals surface area (Å²) in [5.41, 5.74) is 1.36. The molecule has 0 N–H and O–H groups in total. The molecule has 11 heteroatoms. The van der Waals surface area contributed by atoms with Gasteiger partial charge in [0.1, 0.15) is 12.4 Å². The fourth-order valence-corrected chi connectivity index (χ4v) is 4.65. The number of ether oxygens (including phenoxy) is 4. The number of benzene rings is 2. The fourth-order valence-electron chi connectivity index (χ4n) is 3.73. The van der Waals surface area contributed by atoms with Crippen LogP contribution < -0.4 is 14.2 Å². The maximum absolute atomic E-state index is 11.4. The molecule has 0 radical (unpaired) electrons. The lowest BCUT2D eigenvalue weighted by Crippen LogP contribution is -2.25. The number of para-hydroxylation sites is 2. The number of rotatable bonds is 7. The van der Waals surface area contributed by atoms with Crippen molar-refractivity contribution < 1.29 is 23.9 Å².